The molecule has 2 unspecified atom stereocenters. The third-order valence-electron chi connectivity index (χ3n) is 6.82. The number of halogens is 1. The van der Waals surface area contributed by atoms with Crippen LogP contribution in [0.3, 0.4) is 0 Å². The first-order chi connectivity index (χ1) is 16.9. The monoisotopic (exact) mass is 479 g/mol. The highest BCUT2D eigenvalue weighted by Crippen LogP contribution is 2.37. The van der Waals surface area contributed by atoms with Crippen molar-refractivity contribution in [3.8, 4) is 17.0 Å². The maximum Gasteiger partial charge on any atom is 0.255 e. The molecule has 0 radical (unpaired) electrons. The van der Waals surface area contributed by atoms with Crippen LogP contribution in [0.15, 0.2) is 24.5 Å². The number of aryl methyl sites for hydroxylation is 1. The number of carbonyl (C=O) groups is 2. The van der Waals surface area contributed by atoms with Gasteiger partial charge in [-0.1, -0.05) is 6.92 Å². The minimum Gasteiger partial charge on any atom is -0.493 e. The first-order valence-corrected chi connectivity index (χ1v) is 12.3. The van der Waals surface area contributed by atoms with E-state index in [-0.39, 0.29) is 23.9 Å². The molecule has 2 aliphatic rings. The van der Waals surface area contributed by atoms with Crippen LogP contribution in [-0.2, 0) is 4.79 Å². The second-order valence-electron chi connectivity index (χ2n) is 9.57. The molecule has 2 aromatic heterocycles. The first-order valence-electron chi connectivity index (χ1n) is 12.3. The average molecular weight is 480 g/mol. The molecule has 0 aliphatic heterocycles. The molecule has 3 N–H and O–H groups in total. The van der Waals surface area contributed by atoms with Gasteiger partial charge in [-0.05, 0) is 63.1 Å². The van der Waals surface area contributed by atoms with Crippen molar-refractivity contribution in [2.75, 3.05) is 6.61 Å². The number of amides is 2. The van der Waals surface area contributed by atoms with Crippen molar-refractivity contribution in [2.45, 2.75) is 64.5 Å². The SMILES string of the molecule is CCC(=O)NC1CCC(NC(=O)c2c(C)[nH]c3c(-c4cc(F)ccc4OCC4CC4)ncnc23)C1. The molecule has 2 atom stereocenters. The van der Waals surface area contributed by atoms with Crippen LogP contribution in [0.2, 0.25) is 0 Å². The zero-order valence-corrected chi connectivity index (χ0v) is 20.0. The quantitative estimate of drug-likeness (QED) is 0.452. The number of hydrogen-bond acceptors (Lipinski definition) is 5. The predicted molar refractivity (Wildman–Crippen MR) is 130 cm³/mol. The molecule has 9 heteroatoms. The van der Waals surface area contributed by atoms with Gasteiger partial charge in [0.2, 0.25) is 5.91 Å². The van der Waals surface area contributed by atoms with Crippen molar-refractivity contribution >= 4 is 22.8 Å². The molecule has 2 amide bonds. The van der Waals surface area contributed by atoms with Crippen LogP contribution >= 0.6 is 0 Å². The van der Waals surface area contributed by atoms with Crippen LogP contribution in [0.1, 0.15) is 61.5 Å². The van der Waals surface area contributed by atoms with Gasteiger partial charge in [0.05, 0.1) is 17.7 Å². The number of carbonyl (C=O) groups excluding carboxylic acids is 2. The Labute approximate surface area is 203 Å². The summed E-state index contributed by atoms with van der Waals surface area (Å²) in [5, 5.41) is 6.10. The molecule has 2 heterocycles. The molecule has 3 aromatic rings. The van der Waals surface area contributed by atoms with Crippen molar-refractivity contribution in [1.82, 2.24) is 25.6 Å². The van der Waals surface area contributed by atoms with E-state index < -0.39 is 5.82 Å². The van der Waals surface area contributed by atoms with E-state index in [4.69, 9.17) is 4.74 Å². The lowest BCUT2D eigenvalue weighted by Gasteiger charge is -2.14. The summed E-state index contributed by atoms with van der Waals surface area (Å²) < 4.78 is 20.2. The maximum atomic E-state index is 14.2. The van der Waals surface area contributed by atoms with Gasteiger partial charge >= 0.3 is 0 Å². The maximum absolute atomic E-state index is 14.2. The van der Waals surface area contributed by atoms with E-state index in [2.05, 4.69) is 25.6 Å². The highest BCUT2D eigenvalue weighted by molar-refractivity contribution is 6.09. The number of benzene rings is 1. The minimum absolute atomic E-state index is 0.0245. The molecular formula is C26H30FN5O3. The number of hydrogen-bond donors (Lipinski definition) is 3. The number of nitrogens with zero attached hydrogens (tertiary/aromatic N) is 2. The third kappa shape index (κ3) is 4.99. The third-order valence-corrected chi connectivity index (χ3v) is 6.82. The van der Waals surface area contributed by atoms with E-state index >= 15 is 0 Å². The lowest BCUT2D eigenvalue weighted by molar-refractivity contribution is -0.121. The van der Waals surface area contributed by atoms with Gasteiger partial charge in [0, 0.05) is 29.8 Å². The summed E-state index contributed by atoms with van der Waals surface area (Å²) in [6, 6.07) is 4.45. The Kier molecular flexibility index (Phi) is 6.40. The Morgan fingerprint density at radius 3 is 2.66 bits per heavy atom. The highest BCUT2D eigenvalue weighted by atomic mass is 19.1. The summed E-state index contributed by atoms with van der Waals surface area (Å²) in [7, 11) is 0. The molecule has 2 fully saturated rings. The lowest BCUT2D eigenvalue weighted by atomic mass is 10.1. The fourth-order valence-electron chi connectivity index (χ4n) is 4.74. The summed E-state index contributed by atoms with van der Waals surface area (Å²) >= 11 is 0. The van der Waals surface area contributed by atoms with Gasteiger partial charge in [0.15, 0.2) is 0 Å². The molecule has 0 spiro atoms. The second kappa shape index (κ2) is 9.64. The molecule has 184 valence electrons. The summed E-state index contributed by atoms with van der Waals surface area (Å²) in [6.07, 6.45) is 6.46. The van der Waals surface area contributed by atoms with Crippen LogP contribution in [-0.4, -0.2) is 45.5 Å². The van der Waals surface area contributed by atoms with E-state index in [9.17, 15) is 14.0 Å². The normalized spacial score (nSPS) is 19.6. The van der Waals surface area contributed by atoms with E-state index in [0.29, 0.717) is 64.7 Å². The number of aromatic nitrogens is 3. The number of H-pyrrole nitrogens is 1. The Morgan fingerprint density at radius 1 is 1.14 bits per heavy atom. The van der Waals surface area contributed by atoms with Crippen molar-refractivity contribution in [1.29, 1.82) is 0 Å². The standard InChI is InChI=1S/C26H30FN5O3/c1-3-21(33)31-17-7-8-18(11-17)32-26(34)22-14(2)30-25-23(28-13-29-24(22)25)19-10-16(27)6-9-20(19)35-12-15-4-5-15/h6,9-10,13,15,17-18,30H,3-5,7-8,11-12H2,1-2H3,(H,31,33)(H,32,34). The smallest absolute Gasteiger partial charge is 0.255 e. The fraction of sp³-hybridized carbons (Fsp3) is 0.462. The van der Waals surface area contributed by atoms with E-state index in [1.165, 1.54) is 18.5 Å². The number of rotatable bonds is 8. The van der Waals surface area contributed by atoms with Crippen LogP contribution in [0.5, 0.6) is 5.75 Å². The van der Waals surface area contributed by atoms with E-state index in [0.717, 1.165) is 25.7 Å². The van der Waals surface area contributed by atoms with Crippen molar-refractivity contribution < 1.29 is 18.7 Å². The summed E-state index contributed by atoms with van der Waals surface area (Å²) in [5.41, 5.74) is 3.17. The second-order valence-corrected chi connectivity index (χ2v) is 9.57. The summed E-state index contributed by atoms with van der Waals surface area (Å²) in [4.78, 5) is 37.0. The molecule has 1 aromatic carbocycles. The van der Waals surface area contributed by atoms with Crippen molar-refractivity contribution in [2.24, 2.45) is 5.92 Å². The van der Waals surface area contributed by atoms with Crippen molar-refractivity contribution in [3.63, 3.8) is 0 Å². The van der Waals surface area contributed by atoms with E-state index in [1.807, 2.05) is 13.8 Å². The van der Waals surface area contributed by atoms with Gasteiger partial charge in [-0.3, -0.25) is 9.59 Å². The number of ether oxygens (including phenoxy) is 1. The van der Waals surface area contributed by atoms with Crippen LogP contribution in [0, 0.1) is 18.7 Å². The Morgan fingerprint density at radius 2 is 1.91 bits per heavy atom. The molecule has 2 saturated carbocycles. The molecular weight excluding hydrogens is 449 g/mol. The van der Waals surface area contributed by atoms with Gasteiger partial charge in [-0.15, -0.1) is 0 Å². The molecule has 5 rings (SSSR count). The van der Waals surface area contributed by atoms with Crippen LogP contribution < -0.4 is 15.4 Å². The van der Waals surface area contributed by atoms with Crippen LogP contribution in [0.25, 0.3) is 22.3 Å². The molecule has 8 nitrogen and oxygen atoms in total. The van der Waals surface area contributed by atoms with Crippen LogP contribution in [0.4, 0.5) is 4.39 Å². The topological polar surface area (TPSA) is 109 Å². The van der Waals surface area contributed by atoms with Gasteiger partial charge in [0.1, 0.15) is 29.1 Å². The first kappa shape index (κ1) is 23.3. The predicted octanol–water partition coefficient (Wildman–Crippen LogP) is 4.04. The van der Waals surface area contributed by atoms with E-state index in [1.54, 1.807) is 6.07 Å². The fourth-order valence-corrected chi connectivity index (χ4v) is 4.74. The number of aromatic amines is 1. The molecule has 0 bridgehead atoms. The number of nitrogens with one attached hydrogen (secondary N) is 3. The van der Waals surface area contributed by atoms with Gasteiger partial charge in [0.25, 0.3) is 5.91 Å². The zero-order chi connectivity index (χ0) is 24.5. The molecule has 0 saturated heterocycles. The Bertz CT molecular complexity index is 1270. The van der Waals surface area contributed by atoms with Gasteiger partial charge < -0.3 is 20.4 Å². The summed E-state index contributed by atoms with van der Waals surface area (Å²) in [5.74, 6) is 0.513. The van der Waals surface area contributed by atoms with Crippen molar-refractivity contribution in [3.05, 3.63) is 41.6 Å². The van der Waals surface area contributed by atoms with Gasteiger partial charge in [-0.25, -0.2) is 14.4 Å². The largest absolute Gasteiger partial charge is 0.493 e. The van der Waals surface area contributed by atoms with Gasteiger partial charge in [-0.2, -0.15) is 0 Å². The molecule has 2 aliphatic carbocycles. The molecule has 35 heavy (non-hydrogen) atoms. The lowest BCUT2D eigenvalue weighted by Crippen LogP contribution is -2.37. The average Bonchev–Trinajstić information content (AvgIpc) is 3.47. The highest BCUT2D eigenvalue weighted by Gasteiger charge is 2.29. The number of fused-ring (bicyclic) bond motifs is 1. The Balaban J connectivity index is 1.41. The zero-order valence-electron chi connectivity index (χ0n) is 20.0. The Hall–Kier alpha value is -3.49. The summed E-state index contributed by atoms with van der Waals surface area (Å²) in [6.45, 7) is 4.23. The minimum atomic E-state index is -0.391.